The summed E-state index contributed by atoms with van der Waals surface area (Å²) in [4.78, 5) is 11.1. The summed E-state index contributed by atoms with van der Waals surface area (Å²) in [5.74, 6) is -0.216. The van der Waals surface area contributed by atoms with Crippen molar-refractivity contribution in [2.75, 3.05) is 5.32 Å². The molecule has 1 atom stereocenters. The topological polar surface area (TPSA) is 46.2 Å². The zero-order chi connectivity index (χ0) is 10.7. The van der Waals surface area contributed by atoms with Gasteiger partial charge in [-0.15, -0.1) is 0 Å². The van der Waals surface area contributed by atoms with Crippen LogP contribution in [0.2, 0.25) is 5.02 Å². The average molecular weight is 252 g/mol. The highest BCUT2D eigenvalue weighted by atomic mass is 35.7. The van der Waals surface area contributed by atoms with Gasteiger partial charge in [-0.25, -0.2) is 4.21 Å². The van der Waals surface area contributed by atoms with Gasteiger partial charge in [0.15, 0.2) is 0 Å². The maximum absolute atomic E-state index is 10.9. The summed E-state index contributed by atoms with van der Waals surface area (Å²) < 4.78 is 10.9. The maximum atomic E-state index is 10.9. The molecule has 0 spiro atoms. The van der Waals surface area contributed by atoms with Gasteiger partial charge in [-0.05, 0) is 28.9 Å². The van der Waals surface area contributed by atoms with Crippen LogP contribution in [0.4, 0.5) is 5.69 Å². The molecule has 0 heterocycles. The summed E-state index contributed by atoms with van der Waals surface area (Å²) >= 11 is 5.81. The minimum atomic E-state index is -1.59. The lowest BCUT2D eigenvalue weighted by Gasteiger charge is -2.05. The zero-order valence-electron chi connectivity index (χ0n) is 7.21. The maximum Gasteiger partial charge on any atom is 0.221 e. The second kappa shape index (κ2) is 4.77. The van der Waals surface area contributed by atoms with Crippen LogP contribution in [0, 0.1) is 0 Å². The van der Waals surface area contributed by atoms with E-state index in [2.05, 4.69) is 5.32 Å². The predicted molar refractivity (Wildman–Crippen MR) is 58.0 cm³/mol. The van der Waals surface area contributed by atoms with E-state index in [9.17, 15) is 9.00 Å². The molecule has 0 saturated heterocycles. The van der Waals surface area contributed by atoms with Crippen LogP contribution in [-0.4, -0.2) is 10.1 Å². The van der Waals surface area contributed by atoms with Crippen LogP contribution in [0.5, 0.6) is 0 Å². The van der Waals surface area contributed by atoms with Crippen molar-refractivity contribution in [3.63, 3.8) is 0 Å². The Balaban J connectivity index is 3.01. The number of carbonyl (C=O) groups is 1. The Kier molecular flexibility index (Phi) is 3.92. The predicted octanol–water partition coefficient (Wildman–Crippen LogP) is 2.56. The molecule has 76 valence electrons. The fourth-order valence-corrected chi connectivity index (χ4v) is 1.85. The fourth-order valence-electron chi connectivity index (χ4n) is 0.887. The minimum Gasteiger partial charge on any atom is -0.325 e. The molecule has 0 aliphatic carbocycles. The van der Waals surface area contributed by atoms with Gasteiger partial charge < -0.3 is 5.32 Å². The van der Waals surface area contributed by atoms with Crippen LogP contribution in [0.3, 0.4) is 0 Å². The van der Waals surface area contributed by atoms with E-state index in [4.69, 9.17) is 22.3 Å². The smallest absolute Gasteiger partial charge is 0.221 e. The van der Waals surface area contributed by atoms with Crippen molar-refractivity contribution >= 4 is 43.9 Å². The lowest BCUT2D eigenvalue weighted by atomic mass is 10.3. The number of nitrogens with one attached hydrogen (secondary N) is 1. The standard InChI is InChI=1S/C8H7Cl2NO2S/c1-5(12)11-8-3-2-6(14(10)13)4-7(8)9/h2-4H,1H3,(H,11,12). The van der Waals surface area contributed by atoms with E-state index in [1.54, 1.807) is 12.1 Å². The third kappa shape index (κ3) is 2.97. The minimum absolute atomic E-state index is 0.216. The summed E-state index contributed by atoms with van der Waals surface area (Å²) in [7, 11) is 3.77. The Hall–Kier alpha value is -0.580. The molecule has 1 aromatic rings. The normalized spacial score (nSPS) is 12.2. The molecule has 0 aliphatic rings. The van der Waals surface area contributed by atoms with Gasteiger partial charge in [-0.3, -0.25) is 4.79 Å². The lowest BCUT2D eigenvalue weighted by molar-refractivity contribution is -0.114. The molecule has 1 N–H and O–H groups in total. The molecule has 1 aromatic carbocycles. The molecule has 0 aromatic heterocycles. The molecule has 0 bridgehead atoms. The van der Waals surface area contributed by atoms with E-state index in [-0.39, 0.29) is 5.91 Å². The lowest BCUT2D eigenvalue weighted by Crippen LogP contribution is -2.06. The van der Waals surface area contributed by atoms with E-state index in [1.807, 2.05) is 0 Å². The number of carbonyl (C=O) groups excluding carboxylic acids is 1. The molecule has 1 amide bonds. The Morgan fingerprint density at radius 1 is 1.50 bits per heavy atom. The van der Waals surface area contributed by atoms with Crippen LogP contribution in [-0.2, 0) is 14.8 Å². The molecule has 3 nitrogen and oxygen atoms in total. The second-order valence-electron chi connectivity index (χ2n) is 2.55. The molecular weight excluding hydrogens is 245 g/mol. The third-order valence-electron chi connectivity index (χ3n) is 1.44. The van der Waals surface area contributed by atoms with Gasteiger partial charge in [0.05, 0.1) is 15.6 Å². The van der Waals surface area contributed by atoms with Crippen LogP contribution in [0.25, 0.3) is 0 Å². The van der Waals surface area contributed by atoms with Gasteiger partial charge in [-0.2, -0.15) is 0 Å². The van der Waals surface area contributed by atoms with E-state index >= 15 is 0 Å². The molecule has 6 heteroatoms. The first-order valence-electron chi connectivity index (χ1n) is 3.66. The number of hydrogen-bond donors (Lipinski definition) is 1. The third-order valence-corrected chi connectivity index (χ3v) is 2.91. The zero-order valence-corrected chi connectivity index (χ0v) is 9.54. The number of hydrogen-bond acceptors (Lipinski definition) is 2. The van der Waals surface area contributed by atoms with E-state index in [1.165, 1.54) is 13.0 Å². The number of amides is 1. The number of halogens is 2. The van der Waals surface area contributed by atoms with Crippen molar-refractivity contribution in [3.05, 3.63) is 23.2 Å². The van der Waals surface area contributed by atoms with E-state index in [0.717, 1.165) is 0 Å². The second-order valence-corrected chi connectivity index (χ2v) is 4.71. The fraction of sp³-hybridized carbons (Fsp3) is 0.125. The molecular formula is C8H7Cl2NO2S. The number of benzene rings is 1. The first-order valence-corrected chi connectivity index (χ1v) is 6.01. The van der Waals surface area contributed by atoms with Crippen molar-refractivity contribution in [1.29, 1.82) is 0 Å². The van der Waals surface area contributed by atoms with E-state index < -0.39 is 10.0 Å². The highest BCUT2D eigenvalue weighted by molar-refractivity contribution is 8.08. The molecule has 1 unspecified atom stereocenters. The summed E-state index contributed by atoms with van der Waals surface area (Å²) in [5, 5.41) is 2.84. The summed E-state index contributed by atoms with van der Waals surface area (Å²) in [6.07, 6.45) is 0. The molecule has 0 radical (unpaired) electrons. The Morgan fingerprint density at radius 2 is 2.14 bits per heavy atom. The van der Waals surface area contributed by atoms with Crippen molar-refractivity contribution in [2.24, 2.45) is 0 Å². The Morgan fingerprint density at radius 3 is 2.57 bits per heavy atom. The van der Waals surface area contributed by atoms with Crippen molar-refractivity contribution in [1.82, 2.24) is 0 Å². The summed E-state index contributed by atoms with van der Waals surface area (Å²) in [6.45, 7) is 1.38. The van der Waals surface area contributed by atoms with Gasteiger partial charge in [0.2, 0.25) is 5.91 Å². The Labute approximate surface area is 93.4 Å². The molecule has 0 fully saturated rings. The van der Waals surface area contributed by atoms with Crippen LogP contribution in [0.15, 0.2) is 23.1 Å². The van der Waals surface area contributed by atoms with Crippen LogP contribution < -0.4 is 5.32 Å². The van der Waals surface area contributed by atoms with Gasteiger partial charge >= 0.3 is 0 Å². The molecule has 0 aliphatic heterocycles. The quantitative estimate of drug-likeness (QED) is 0.822. The molecule has 14 heavy (non-hydrogen) atoms. The largest absolute Gasteiger partial charge is 0.325 e. The van der Waals surface area contributed by atoms with Crippen LogP contribution in [0.1, 0.15) is 6.92 Å². The van der Waals surface area contributed by atoms with E-state index in [0.29, 0.717) is 15.6 Å². The van der Waals surface area contributed by atoms with Crippen molar-refractivity contribution in [2.45, 2.75) is 11.8 Å². The van der Waals surface area contributed by atoms with Gasteiger partial charge in [0.25, 0.3) is 0 Å². The Bertz CT molecular complexity index is 395. The van der Waals surface area contributed by atoms with Gasteiger partial charge in [0.1, 0.15) is 10.0 Å². The summed E-state index contributed by atoms with van der Waals surface area (Å²) in [6, 6.07) is 4.55. The highest BCUT2D eigenvalue weighted by Gasteiger charge is 2.06. The summed E-state index contributed by atoms with van der Waals surface area (Å²) in [5.41, 5.74) is 0.477. The van der Waals surface area contributed by atoms with Gasteiger partial charge in [-0.1, -0.05) is 11.6 Å². The van der Waals surface area contributed by atoms with Crippen LogP contribution >= 0.6 is 22.3 Å². The first-order chi connectivity index (χ1) is 6.50. The molecule has 1 rings (SSSR count). The average Bonchev–Trinajstić information content (AvgIpc) is 2.07. The number of rotatable bonds is 2. The first kappa shape index (κ1) is 11.5. The number of anilines is 1. The van der Waals surface area contributed by atoms with Crippen molar-refractivity contribution in [3.8, 4) is 0 Å². The highest BCUT2D eigenvalue weighted by Crippen LogP contribution is 2.25. The SMILES string of the molecule is CC(=O)Nc1ccc(S(=O)Cl)cc1Cl. The van der Waals surface area contributed by atoms with Crippen molar-refractivity contribution < 1.29 is 9.00 Å². The van der Waals surface area contributed by atoms with Gasteiger partial charge in [0, 0.05) is 6.92 Å². The monoisotopic (exact) mass is 251 g/mol. The molecule has 0 saturated carbocycles.